The molecule has 160 valence electrons. The van der Waals surface area contributed by atoms with E-state index in [2.05, 4.69) is 20.8 Å². The molecule has 32 heavy (non-hydrogen) atoms. The van der Waals surface area contributed by atoms with Crippen molar-refractivity contribution in [1.29, 1.82) is 0 Å². The van der Waals surface area contributed by atoms with Gasteiger partial charge in [-0.2, -0.15) is 0 Å². The third-order valence-corrected chi connectivity index (χ3v) is 5.50. The van der Waals surface area contributed by atoms with Crippen LogP contribution in [0.3, 0.4) is 0 Å². The smallest absolute Gasteiger partial charge is 0.257 e. The van der Waals surface area contributed by atoms with Crippen LogP contribution in [0.5, 0.6) is 5.75 Å². The zero-order chi connectivity index (χ0) is 22.3. The van der Waals surface area contributed by atoms with E-state index in [4.69, 9.17) is 4.74 Å². The van der Waals surface area contributed by atoms with Crippen molar-refractivity contribution >= 4 is 34.0 Å². The largest absolute Gasteiger partial charge is 0.496 e. The number of nitrogens with one attached hydrogen (secondary N) is 2. The predicted octanol–water partition coefficient (Wildman–Crippen LogP) is 4.64. The van der Waals surface area contributed by atoms with Gasteiger partial charge < -0.3 is 10.1 Å². The lowest BCUT2D eigenvalue weighted by Gasteiger charge is -2.06. The quantitative estimate of drug-likeness (QED) is 0.433. The maximum atomic E-state index is 12.6. The minimum atomic E-state index is -0.300. The standard InChI is InChI=1S/C24H20N4O3S/c1-31-20-10-6-5-9-18(20)15-21-27-28-24(32-21)26-23(30)17-11-13-19(14-12-17)25-22(29)16-7-3-2-4-8-16/h2-14H,15H2,1H3,(H,25,29)(H,26,28,30). The van der Waals surface area contributed by atoms with Crippen LogP contribution in [-0.4, -0.2) is 29.1 Å². The molecule has 2 amide bonds. The fraction of sp³-hybridized carbons (Fsp3) is 0.0833. The number of methoxy groups -OCH3 is 1. The second-order valence-corrected chi connectivity index (χ2v) is 7.90. The molecule has 0 radical (unpaired) electrons. The molecule has 0 unspecified atom stereocenters. The molecule has 1 aromatic heterocycles. The van der Waals surface area contributed by atoms with Crippen molar-refractivity contribution in [3.05, 3.63) is 101 Å². The SMILES string of the molecule is COc1ccccc1Cc1nnc(NC(=O)c2ccc(NC(=O)c3ccccc3)cc2)s1. The number of rotatable bonds is 7. The van der Waals surface area contributed by atoms with Crippen molar-refractivity contribution in [3.63, 3.8) is 0 Å². The average Bonchev–Trinajstić information content (AvgIpc) is 3.27. The summed E-state index contributed by atoms with van der Waals surface area (Å²) in [7, 11) is 1.63. The van der Waals surface area contributed by atoms with Crippen molar-refractivity contribution in [2.75, 3.05) is 17.7 Å². The van der Waals surface area contributed by atoms with Crippen LogP contribution in [-0.2, 0) is 6.42 Å². The Morgan fingerprint density at radius 1 is 0.812 bits per heavy atom. The molecule has 0 bridgehead atoms. The van der Waals surface area contributed by atoms with E-state index in [0.29, 0.717) is 28.4 Å². The maximum Gasteiger partial charge on any atom is 0.257 e. The molecular formula is C24H20N4O3S. The van der Waals surface area contributed by atoms with Gasteiger partial charge in [0, 0.05) is 28.8 Å². The third-order valence-electron chi connectivity index (χ3n) is 4.66. The molecule has 2 N–H and O–H groups in total. The highest BCUT2D eigenvalue weighted by Gasteiger charge is 2.13. The Labute approximate surface area is 189 Å². The summed E-state index contributed by atoms with van der Waals surface area (Å²) >= 11 is 1.31. The molecule has 8 heteroatoms. The zero-order valence-corrected chi connectivity index (χ0v) is 18.1. The summed E-state index contributed by atoms with van der Waals surface area (Å²) < 4.78 is 5.37. The number of anilines is 2. The number of hydrogen-bond acceptors (Lipinski definition) is 6. The molecule has 0 aliphatic rings. The lowest BCUT2D eigenvalue weighted by molar-refractivity contribution is 0.102. The van der Waals surface area contributed by atoms with Gasteiger partial charge in [-0.15, -0.1) is 10.2 Å². The Balaban J connectivity index is 1.36. The Morgan fingerprint density at radius 3 is 2.22 bits per heavy atom. The lowest BCUT2D eigenvalue weighted by Crippen LogP contribution is -2.13. The first-order valence-corrected chi connectivity index (χ1v) is 10.7. The van der Waals surface area contributed by atoms with Crippen LogP contribution in [0.1, 0.15) is 31.3 Å². The predicted molar refractivity (Wildman–Crippen MR) is 124 cm³/mol. The molecule has 4 aromatic rings. The van der Waals surface area contributed by atoms with Crippen molar-refractivity contribution in [3.8, 4) is 5.75 Å². The third kappa shape index (κ3) is 5.16. The fourth-order valence-corrected chi connectivity index (χ4v) is 3.81. The van der Waals surface area contributed by atoms with E-state index in [0.717, 1.165) is 16.3 Å². The van der Waals surface area contributed by atoms with Crippen molar-refractivity contribution < 1.29 is 14.3 Å². The first kappa shape index (κ1) is 21.2. The van der Waals surface area contributed by atoms with Crippen molar-refractivity contribution in [2.24, 2.45) is 0 Å². The van der Waals surface area contributed by atoms with Crippen LogP contribution >= 0.6 is 11.3 Å². The van der Waals surface area contributed by atoms with Crippen LogP contribution in [0, 0.1) is 0 Å². The van der Waals surface area contributed by atoms with E-state index in [1.54, 1.807) is 55.6 Å². The minimum Gasteiger partial charge on any atom is -0.496 e. The summed E-state index contributed by atoms with van der Waals surface area (Å²) in [4.78, 5) is 24.8. The van der Waals surface area contributed by atoms with Gasteiger partial charge in [-0.05, 0) is 42.5 Å². The number of aromatic nitrogens is 2. The average molecular weight is 445 g/mol. The fourth-order valence-electron chi connectivity index (χ4n) is 3.05. The summed E-state index contributed by atoms with van der Waals surface area (Å²) in [6.45, 7) is 0. The molecule has 1 heterocycles. The summed E-state index contributed by atoms with van der Waals surface area (Å²) in [5.74, 6) is 0.276. The number of nitrogens with zero attached hydrogens (tertiary/aromatic N) is 2. The summed E-state index contributed by atoms with van der Waals surface area (Å²) in [6.07, 6.45) is 0.563. The highest BCUT2D eigenvalue weighted by atomic mass is 32.1. The molecule has 7 nitrogen and oxygen atoms in total. The molecule has 0 atom stereocenters. The van der Waals surface area contributed by atoms with Crippen LogP contribution in [0.15, 0.2) is 78.9 Å². The Bertz CT molecular complexity index is 1220. The zero-order valence-electron chi connectivity index (χ0n) is 17.2. The number of ether oxygens (including phenoxy) is 1. The Kier molecular flexibility index (Phi) is 6.52. The van der Waals surface area contributed by atoms with Gasteiger partial charge in [-0.1, -0.05) is 47.7 Å². The van der Waals surface area contributed by atoms with Gasteiger partial charge in [0.2, 0.25) is 5.13 Å². The van der Waals surface area contributed by atoms with Gasteiger partial charge in [0.15, 0.2) is 0 Å². The van der Waals surface area contributed by atoms with Crippen LogP contribution in [0.4, 0.5) is 10.8 Å². The molecule has 0 saturated heterocycles. The van der Waals surface area contributed by atoms with Gasteiger partial charge in [0.1, 0.15) is 10.8 Å². The normalized spacial score (nSPS) is 10.4. The van der Waals surface area contributed by atoms with E-state index in [-0.39, 0.29) is 11.8 Å². The van der Waals surface area contributed by atoms with E-state index in [1.807, 2.05) is 30.3 Å². The van der Waals surface area contributed by atoms with Gasteiger partial charge >= 0.3 is 0 Å². The van der Waals surface area contributed by atoms with Crippen LogP contribution < -0.4 is 15.4 Å². The summed E-state index contributed by atoms with van der Waals surface area (Å²) in [6, 6.07) is 23.3. The number of benzene rings is 3. The highest BCUT2D eigenvalue weighted by molar-refractivity contribution is 7.15. The van der Waals surface area contributed by atoms with Gasteiger partial charge in [-0.25, -0.2) is 0 Å². The lowest BCUT2D eigenvalue weighted by atomic mass is 10.1. The van der Waals surface area contributed by atoms with Crippen molar-refractivity contribution in [2.45, 2.75) is 6.42 Å². The van der Waals surface area contributed by atoms with Gasteiger partial charge in [0.25, 0.3) is 11.8 Å². The molecule has 0 fully saturated rings. The number of amides is 2. The number of carbonyl (C=O) groups is 2. The number of carbonyl (C=O) groups excluding carboxylic acids is 2. The van der Waals surface area contributed by atoms with E-state index < -0.39 is 0 Å². The van der Waals surface area contributed by atoms with Crippen molar-refractivity contribution in [1.82, 2.24) is 10.2 Å². The van der Waals surface area contributed by atoms with Crippen LogP contribution in [0.25, 0.3) is 0 Å². The highest BCUT2D eigenvalue weighted by Crippen LogP contribution is 2.24. The maximum absolute atomic E-state index is 12.6. The first-order chi connectivity index (χ1) is 15.6. The van der Waals surface area contributed by atoms with E-state index in [1.165, 1.54) is 11.3 Å². The monoisotopic (exact) mass is 444 g/mol. The Hall–Kier alpha value is -4.04. The second kappa shape index (κ2) is 9.84. The molecule has 4 rings (SSSR count). The van der Waals surface area contributed by atoms with E-state index in [9.17, 15) is 9.59 Å². The minimum absolute atomic E-state index is 0.209. The van der Waals surface area contributed by atoms with E-state index >= 15 is 0 Å². The Morgan fingerprint density at radius 2 is 1.47 bits per heavy atom. The summed E-state index contributed by atoms with van der Waals surface area (Å²) in [5.41, 5.74) is 2.61. The molecule has 0 saturated carbocycles. The van der Waals surface area contributed by atoms with Gasteiger partial charge in [0.05, 0.1) is 7.11 Å². The van der Waals surface area contributed by atoms with Gasteiger partial charge in [-0.3, -0.25) is 14.9 Å². The van der Waals surface area contributed by atoms with Crippen LogP contribution in [0.2, 0.25) is 0 Å². The summed E-state index contributed by atoms with van der Waals surface area (Å²) in [5, 5.41) is 15.0. The molecule has 0 aliphatic heterocycles. The molecule has 3 aromatic carbocycles. The molecule has 0 aliphatic carbocycles. The topological polar surface area (TPSA) is 93.2 Å². The second-order valence-electron chi connectivity index (χ2n) is 6.84. The molecule has 0 spiro atoms. The molecular weight excluding hydrogens is 424 g/mol. The number of hydrogen-bond donors (Lipinski definition) is 2. The first-order valence-electron chi connectivity index (χ1n) is 9.84. The number of para-hydroxylation sites is 1.